The van der Waals surface area contributed by atoms with Crippen LogP contribution in [0.3, 0.4) is 0 Å². The maximum Gasteiger partial charge on any atom is 0.330 e. The van der Waals surface area contributed by atoms with Crippen molar-refractivity contribution in [1.29, 1.82) is 0 Å². The molecule has 1 amide bonds. The van der Waals surface area contributed by atoms with Gasteiger partial charge in [-0.15, -0.1) is 5.06 Å². The molecule has 0 N–H and O–H groups in total. The standard InChI is InChI=1S/C12H11NO5/c1-7(14)17-11-9-5-3-4-6-10(9)13(12(11)16)18-8(2)15/h3-6,11H,1-2H3. The summed E-state index contributed by atoms with van der Waals surface area (Å²) in [6.07, 6.45) is -1.06. The molecule has 6 nitrogen and oxygen atoms in total. The van der Waals surface area contributed by atoms with Crippen LogP contribution in [0, 0.1) is 0 Å². The third kappa shape index (κ3) is 2.04. The van der Waals surface area contributed by atoms with Gasteiger partial charge in [0.15, 0.2) is 0 Å². The van der Waals surface area contributed by atoms with Gasteiger partial charge in [0, 0.05) is 19.4 Å². The van der Waals surface area contributed by atoms with E-state index in [1.165, 1.54) is 13.8 Å². The lowest BCUT2D eigenvalue weighted by Crippen LogP contribution is -2.32. The molecule has 18 heavy (non-hydrogen) atoms. The first-order valence-electron chi connectivity index (χ1n) is 5.29. The Morgan fingerprint density at radius 3 is 2.44 bits per heavy atom. The van der Waals surface area contributed by atoms with Crippen LogP contribution >= 0.6 is 0 Å². The molecule has 94 valence electrons. The van der Waals surface area contributed by atoms with Gasteiger partial charge in [0.1, 0.15) is 0 Å². The van der Waals surface area contributed by atoms with Crippen molar-refractivity contribution in [2.75, 3.05) is 5.06 Å². The van der Waals surface area contributed by atoms with Gasteiger partial charge in [-0.25, -0.2) is 4.79 Å². The van der Waals surface area contributed by atoms with Crippen molar-refractivity contribution in [3.05, 3.63) is 29.8 Å². The van der Waals surface area contributed by atoms with E-state index in [1.54, 1.807) is 24.3 Å². The number of ether oxygens (including phenoxy) is 1. The van der Waals surface area contributed by atoms with Crippen LogP contribution in [-0.2, 0) is 24.0 Å². The van der Waals surface area contributed by atoms with E-state index < -0.39 is 23.9 Å². The van der Waals surface area contributed by atoms with Crippen LogP contribution in [0.15, 0.2) is 24.3 Å². The van der Waals surface area contributed by atoms with E-state index in [0.29, 0.717) is 11.3 Å². The zero-order chi connectivity index (χ0) is 13.3. The molecule has 0 saturated heterocycles. The highest BCUT2D eigenvalue weighted by atomic mass is 16.7. The zero-order valence-corrected chi connectivity index (χ0v) is 9.88. The van der Waals surface area contributed by atoms with Crippen molar-refractivity contribution in [3.63, 3.8) is 0 Å². The van der Waals surface area contributed by atoms with E-state index in [4.69, 9.17) is 9.57 Å². The molecule has 1 unspecified atom stereocenters. The summed E-state index contributed by atoms with van der Waals surface area (Å²) in [5.74, 6) is -1.80. The summed E-state index contributed by atoms with van der Waals surface area (Å²) in [5, 5.41) is 0.852. The van der Waals surface area contributed by atoms with Crippen LogP contribution < -0.4 is 5.06 Å². The van der Waals surface area contributed by atoms with Gasteiger partial charge in [-0.3, -0.25) is 9.59 Å². The van der Waals surface area contributed by atoms with E-state index in [1.807, 2.05) is 0 Å². The number of benzene rings is 1. The molecule has 0 spiro atoms. The van der Waals surface area contributed by atoms with Crippen molar-refractivity contribution in [2.45, 2.75) is 20.0 Å². The zero-order valence-electron chi connectivity index (χ0n) is 9.88. The summed E-state index contributed by atoms with van der Waals surface area (Å²) in [6, 6.07) is 6.66. The summed E-state index contributed by atoms with van der Waals surface area (Å²) in [6.45, 7) is 2.40. The molecule has 2 rings (SSSR count). The number of carbonyl (C=O) groups is 3. The summed E-state index contributed by atoms with van der Waals surface area (Å²) < 4.78 is 4.94. The summed E-state index contributed by atoms with van der Waals surface area (Å²) in [4.78, 5) is 38.8. The highest BCUT2D eigenvalue weighted by Gasteiger charge is 2.41. The van der Waals surface area contributed by atoms with Gasteiger partial charge < -0.3 is 9.57 Å². The number of hydroxylamine groups is 1. The minimum absolute atomic E-state index is 0.406. The molecule has 1 aromatic rings. The summed E-state index contributed by atoms with van der Waals surface area (Å²) in [7, 11) is 0. The molecular weight excluding hydrogens is 238 g/mol. The quantitative estimate of drug-likeness (QED) is 0.734. The Morgan fingerprint density at radius 1 is 1.17 bits per heavy atom. The van der Waals surface area contributed by atoms with Gasteiger partial charge in [0.25, 0.3) is 0 Å². The van der Waals surface area contributed by atoms with Crippen molar-refractivity contribution >= 4 is 23.5 Å². The molecule has 1 heterocycles. The van der Waals surface area contributed by atoms with Gasteiger partial charge >= 0.3 is 17.8 Å². The Hall–Kier alpha value is -2.37. The maximum absolute atomic E-state index is 12.0. The van der Waals surface area contributed by atoms with E-state index in [0.717, 1.165) is 5.06 Å². The predicted octanol–water partition coefficient (Wildman–Crippen LogP) is 1.12. The topological polar surface area (TPSA) is 72.9 Å². The van der Waals surface area contributed by atoms with Crippen LogP contribution in [0.5, 0.6) is 0 Å². The van der Waals surface area contributed by atoms with Gasteiger partial charge in [-0.2, -0.15) is 0 Å². The second-order valence-electron chi connectivity index (χ2n) is 3.76. The van der Waals surface area contributed by atoms with Gasteiger partial charge in [0.2, 0.25) is 6.10 Å². The highest BCUT2D eigenvalue weighted by molar-refractivity contribution is 6.04. The third-order valence-corrected chi connectivity index (χ3v) is 2.37. The molecule has 0 radical (unpaired) electrons. The number of carbonyl (C=O) groups excluding carboxylic acids is 3. The molecule has 0 fully saturated rings. The van der Waals surface area contributed by atoms with Gasteiger partial charge in [-0.1, -0.05) is 18.2 Å². The Labute approximate surface area is 103 Å². The van der Waals surface area contributed by atoms with Crippen LogP contribution in [0.1, 0.15) is 25.5 Å². The molecule has 1 aromatic carbocycles. The van der Waals surface area contributed by atoms with Crippen LogP contribution in [0.2, 0.25) is 0 Å². The number of amides is 1. The smallest absolute Gasteiger partial charge is 0.330 e. The number of rotatable bonds is 2. The van der Waals surface area contributed by atoms with Gasteiger partial charge in [0.05, 0.1) is 5.69 Å². The average Bonchev–Trinajstić information content (AvgIpc) is 2.54. The minimum atomic E-state index is -1.06. The van der Waals surface area contributed by atoms with E-state index in [2.05, 4.69) is 0 Å². The lowest BCUT2D eigenvalue weighted by atomic mass is 10.1. The fraction of sp³-hybridized carbons (Fsp3) is 0.250. The number of hydrogen-bond acceptors (Lipinski definition) is 5. The molecule has 0 aromatic heterocycles. The first-order chi connectivity index (χ1) is 8.50. The van der Waals surface area contributed by atoms with Gasteiger partial charge in [-0.05, 0) is 6.07 Å². The van der Waals surface area contributed by atoms with Crippen molar-refractivity contribution in [1.82, 2.24) is 0 Å². The summed E-state index contributed by atoms with van der Waals surface area (Å²) >= 11 is 0. The number of esters is 1. The molecule has 0 aliphatic carbocycles. The minimum Gasteiger partial charge on any atom is -0.447 e. The molecule has 0 saturated carbocycles. The first-order valence-corrected chi connectivity index (χ1v) is 5.29. The predicted molar refractivity (Wildman–Crippen MR) is 60.2 cm³/mol. The fourth-order valence-corrected chi connectivity index (χ4v) is 1.76. The highest BCUT2D eigenvalue weighted by Crippen LogP contribution is 2.38. The van der Waals surface area contributed by atoms with Crippen LogP contribution in [0.25, 0.3) is 0 Å². The Balaban J connectivity index is 2.39. The SMILES string of the molecule is CC(=O)OC1C(=O)N(OC(C)=O)c2ccccc21. The molecular formula is C12H11NO5. The second kappa shape index (κ2) is 4.48. The van der Waals surface area contributed by atoms with Crippen molar-refractivity contribution in [2.24, 2.45) is 0 Å². The molecule has 1 aliphatic heterocycles. The number of nitrogens with zero attached hydrogens (tertiary/aromatic N) is 1. The van der Waals surface area contributed by atoms with Crippen LogP contribution in [-0.4, -0.2) is 17.8 Å². The van der Waals surface area contributed by atoms with E-state index in [9.17, 15) is 14.4 Å². The van der Waals surface area contributed by atoms with Crippen molar-refractivity contribution in [3.8, 4) is 0 Å². The second-order valence-corrected chi connectivity index (χ2v) is 3.76. The molecule has 1 aliphatic rings. The lowest BCUT2D eigenvalue weighted by molar-refractivity contribution is -0.157. The number of fused-ring (bicyclic) bond motifs is 1. The largest absolute Gasteiger partial charge is 0.447 e. The Morgan fingerprint density at radius 2 is 1.83 bits per heavy atom. The Kier molecular flexibility index (Phi) is 3.01. The molecule has 1 atom stereocenters. The summed E-state index contributed by atoms with van der Waals surface area (Å²) in [5.41, 5.74) is 0.905. The maximum atomic E-state index is 12.0. The lowest BCUT2D eigenvalue weighted by Gasteiger charge is -2.14. The first kappa shape index (κ1) is 12.1. The molecule has 6 heteroatoms. The number of anilines is 1. The normalized spacial score (nSPS) is 17.3. The van der Waals surface area contributed by atoms with Crippen LogP contribution in [0.4, 0.5) is 5.69 Å². The number of hydrogen-bond donors (Lipinski definition) is 0. The third-order valence-electron chi connectivity index (χ3n) is 2.37. The monoisotopic (exact) mass is 249 g/mol. The number of para-hydroxylation sites is 1. The van der Waals surface area contributed by atoms with Crippen molar-refractivity contribution < 1.29 is 24.0 Å². The molecule has 0 bridgehead atoms. The van der Waals surface area contributed by atoms with E-state index in [-0.39, 0.29) is 0 Å². The Bertz CT molecular complexity index is 480. The van der Waals surface area contributed by atoms with E-state index >= 15 is 0 Å². The average molecular weight is 249 g/mol. The fourth-order valence-electron chi connectivity index (χ4n) is 1.76.